The van der Waals surface area contributed by atoms with E-state index in [4.69, 9.17) is 11.6 Å². The highest BCUT2D eigenvalue weighted by molar-refractivity contribution is 6.30. The number of hydrogen-bond donors (Lipinski definition) is 2. The van der Waals surface area contributed by atoms with E-state index in [0.717, 1.165) is 11.1 Å². The number of nitrogens with one attached hydrogen (secondary N) is 2. The summed E-state index contributed by atoms with van der Waals surface area (Å²) in [4.78, 5) is 26.5. The third kappa shape index (κ3) is 5.16. The Kier molecular flexibility index (Phi) is 6.23. The summed E-state index contributed by atoms with van der Waals surface area (Å²) >= 11 is 5.89. The summed E-state index contributed by atoms with van der Waals surface area (Å²) in [7, 11) is 0. The van der Waals surface area contributed by atoms with Crippen molar-refractivity contribution in [2.45, 2.75) is 13.5 Å². The lowest BCUT2D eigenvalue weighted by Gasteiger charge is -2.11. The number of aromatic nitrogens is 4. The summed E-state index contributed by atoms with van der Waals surface area (Å²) in [6, 6.07) is 21.3. The van der Waals surface area contributed by atoms with E-state index in [-0.39, 0.29) is 18.4 Å². The number of carbonyl (C=O) groups is 2. The lowest BCUT2D eigenvalue weighted by molar-refractivity contribution is -0.117. The molecule has 0 aliphatic carbocycles. The molecule has 1 heterocycles. The van der Waals surface area contributed by atoms with Gasteiger partial charge in [0, 0.05) is 16.3 Å². The van der Waals surface area contributed by atoms with Crippen molar-refractivity contribution >= 4 is 34.8 Å². The van der Waals surface area contributed by atoms with Crippen molar-refractivity contribution in [2.75, 3.05) is 10.6 Å². The number of rotatable bonds is 6. The van der Waals surface area contributed by atoms with E-state index in [0.29, 0.717) is 27.8 Å². The molecule has 0 unspecified atom stereocenters. The number of carbonyl (C=O) groups excluding carboxylic acids is 2. The average Bonchev–Trinajstić information content (AvgIpc) is 3.23. The molecule has 0 fully saturated rings. The molecule has 4 rings (SSSR count). The molecule has 0 atom stereocenters. The maximum atomic E-state index is 12.8. The van der Waals surface area contributed by atoms with Gasteiger partial charge in [-0.15, -0.1) is 10.2 Å². The highest BCUT2D eigenvalue weighted by Crippen LogP contribution is 2.19. The molecule has 2 amide bonds. The minimum atomic E-state index is -0.388. The molecule has 0 bridgehead atoms. The van der Waals surface area contributed by atoms with Crippen LogP contribution in [-0.2, 0) is 11.3 Å². The fraction of sp³-hybridized carbons (Fsp3) is 0.0870. The molecule has 8 nitrogen and oxygen atoms in total. The fourth-order valence-electron chi connectivity index (χ4n) is 3.05. The third-order valence-corrected chi connectivity index (χ3v) is 4.81. The van der Waals surface area contributed by atoms with Gasteiger partial charge in [0.1, 0.15) is 6.54 Å². The van der Waals surface area contributed by atoms with Gasteiger partial charge in [-0.3, -0.25) is 9.59 Å². The van der Waals surface area contributed by atoms with Crippen molar-refractivity contribution in [3.05, 3.63) is 88.9 Å². The van der Waals surface area contributed by atoms with Crippen molar-refractivity contribution < 1.29 is 9.59 Å². The normalized spacial score (nSPS) is 10.6. The van der Waals surface area contributed by atoms with Gasteiger partial charge in [0.05, 0.1) is 11.3 Å². The molecule has 2 N–H and O–H groups in total. The van der Waals surface area contributed by atoms with Crippen molar-refractivity contribution in [3.63, 3.8) is 0 Å². The minimum Gasteiger partial charge on any atom is -0.324 e. The van der Waals surface area contributed by atoms with E-state index in [1.807, 2.05) is 25.1 Å². The second kappa shape index (κ2) is 9.40. The van der Waals surface area contributed by atoms with E-state index < -0.39 is 0 Å². The average molecular weight is 447 g/mol. The summed E-state index contributed by atoms with van der Waals surface area (Å²) in [5, 5.41) is 18.3. The highest BCUT2D eigenvalue weighted by Gasteiger charge is 2.15. The topological polar surface area (TPSA) is 102 Å². The molecule has 0 aliphatic heterocycles. The van der Waals surface area contributed by atoms with Crippen LogP contribution in [0.3, 0.4) is 0 Å². The first-order valence-electron chi connectivity index (χ1n) is 9.78. The van der Waals surface area contributed by atoms with Gasteiger partial charge in [0.2, 0.25) is 11.7 Å². The molecule has 3 aromatic carbocycles. The molecule has 0 saturated carbocycles. The van der Waals surface area contributed by atoms with Crippen LogP contribution in [0, 0.1) is 6.92 Å². The number of halogens is 1. The molecular weight excluding hydrogens is 428 g/mol. The van der Waals surface area contributed by atoms with Gasteiger partial charge in [0.15, 0.2) is 0 Å². The number of amides is 2. The molecular formula is C23H19ClN6O2. The van der Waals surface area contributed by atoms with E-state index in [1.54, 1.807) is 54.6 Å². The zero-order chi connectivity index (χ0) is 22.5. The first kappa shape index (κ1) is 21.2. The fourth-order valence-corrected chi connectivity index (χ4v) is 3.18. The summed E-state index contributed by atoms with van der Waals surface area (Å²) < 4.78 is 0. The highest BCUT2D eigenvalue weighted by atomic mass is 35.5. The van der Waals surface area contributed by atoms with Crippen LogP contribution in [0.4, 0.5) is 11.4 Å². The van der Waals surface area contributed by atoms with E-state index in [9.17, 15) is 9.59 Å². The largest absolute Gasteiger partial charge is 0.324 e. The number of hydrogen-bond acceptors (Lipinski definition) is 5. The van der Waals surface area contributed by atoms with Gasteiger partial charge in [-0.25, -0.2) is 0 Å². The molecule has 9 heteroatoms. The van der Waals surface area contributed by atoms with E-state index in [2.05, 4.69) is 26.0 Å². The first-order chi connectivity index (χ1) is 15.5. The van der Waals surface area contributed by atoms with Crippen LogP contribution < -0.4 is 10.6 Å². The molecule has 1 aromatic heterocycles. The zero-order valence-electron chi connectivity index (χ0n) is 17.1. The van der Waals surface area contributed by atoms with Crippen molar-refractivity contribution in [2.24, 2.45) is 0 Å². The van der Waals surface area contributed by atoms with E-state index in [1.165, 1.54) is 4.80 Å². The minimum absolute atomic E-state index is 0.158. The SMILES string of the molecule is Cc1cccc(NC(=O)c2ccccc2NC(=O)Cn2nnc(-c3ccc(Cl)cc3)n2)c1. The summed E-state index contributed by atoms with van der Waals surface area (Å²) in [6.45, 7) is 1.79. The molecule has 4 aromatic rings. The van der Waals surface area contributed by atoms with Crippen LogP contribution in [0.5, 0.6) is 0 Å². The lowest BCUT2D eigenvalue weighted by Crippen LogP contribution is -2.22. The Morgan fingerprint density at radius 1 is 0.969 bits per heavy atom. The maximum absolute atomic E-state index is 12.8. The molecule has 0 saturated heterocycles. The van der Waals surface area contributed by atoms with Gasteiger partial charge >= 0.3 is 0 Å². The summed E-state index contributed by atoms with van der Waals surface area (Å²) in [6.07, 6.45) is 0. The second-order valence-corrected chi connectivity index (χ2v) is 7.50. The number of anilines is 2. The predicted octanol–water partition coefficient (Wildman–Crippen LogP) is 4.19. The second-order valence-electron chi connectivity index (χ2n) is 7.07. The van der Waals surface area contributed by atoms with Crippen LogP contribution in [0.25, 0.3) is 11.4 Å². The van der Waals surface area contributed by atoms with Crippen molar-refractivity contribution in [3.8, 4) is 11.4 Å². The third-order valence-electron chi connectivity index (χ3n) is 4.56. The Labute approximate surface area is 189 Å². The van der Waals surface area contributed by atoms with Gasteiger partial charge in [-0.2, -0.15) is 4.80 Å². The van der Waals surface area contributed by atoms with Gasteiger partial charge in [-0.1, -0.05) is 35.9 Å². The molecule has 0 spiro atoms. The van der Waals surface area contributed by atoms with Crippen LogP contribution in [-0.4, -0.2) is 32.0 Å². The summed E-state index contributed by atoms with van der Waals surface area (Å²) in [5.41, 5.74) is 3.18. The van der Waals surface area contributed by atoms with Crippen LogP contribution >= 0.6 is 11.6 Å². The van der Waals surface area contributed by atoms with Crippen LogP contribution in [0.1, 0.15) is 15.9 Å². The van der Waals surface area contributed by atoms with Crippen molar-refractivity contribution in [1.82, 2.24) is 20.2 Å². The van der Waals surface area contributed by atoms with Gasteiger partial charge in [0.25, 0.3) is 5.91 Å². The van der Waals surface area contributed by atoms with Gasteiger partial charge in [-0.05, 0) is 66.2 Å². The van der Waals surface area contributed by atoms with Crippen molar-refractivity contribution in [1.29, 1.82) is 0 Å². The quantitative estimate of drug-likeness (QED) is 0.462. The standard InChI is InChI=1S/C23H19ClN6O2/c1-15-5-4-6-18(13-15)25-23(32)19-7-2-3-8-20(19)26-21(31)14-30-28-22(27-29-30)16-9-11-17(24)12-10-16/h2-13H,14H2,1H3,(H,25,32)(H,26,31). The number of benzene rings is 3. The first-order valence-corrected chi connectivity index (χ1v) is 10.2. The molecule has 0 aliphatic rings. The van der Waals surface area contributed by atoms with Crippen LogP contribution in [0.2, 0.25) is 5.02 Å². The number of para-hydroxylation sites is 1. The molecule has 0 radical (unpaired) electrons. The predicted molar refractivity (Wildman–Crippen MR) is 122 cm³/mol. The molecule has 32 heavy (non-hydrogen) atoms. The Bertz CT molecular complexity index is 1270. The Morgan fingerprint density at radius 3 is 2.53 bits per heavy atom. The lowest BCUT2D eigenvalue weighted by atomic mass is 10.1. The molecule has 160 valence electrons. The number of aryl methyl sites for hydroxylation is 1. The Morgan fingerprint density at radius 2 is 1.75 bits per heavy atom. The Balaban J connectivity index is 1.44. The summed E-state index contributed by atoms with van der Waals surface area (Å²) in [5.74, 6) is -0.330. The maximum Gasteiger partial charge on any atom is 0.257 e. The monoisotopic (exact) mass is 446 g/mol. The number of tetrazole rings is 1. The Hall–Kier alpha value is -4.04. The van der Waals surface area contributed by atoms with Crippen LogP contribution in [0.15, 0.2) is 72.8 Å². The van der Waals surface area contributed by atoms with E-state index >= 15 is 0 Å². The zero-order valence-corrected chi connectivity index (χ0v) is 17.9. The number of nitrogens with zero attached hydrogens (tertiary/aromatic N) is 4. The van der Waals surface area contributed by atoms with Gasteiger partial charge < -0.3 is 10.6 Å². The smallest absolute Gasteiger partial charge is 0.257 e.